The van der Waals surface area contributed by atoms with E-state index in [9.17, 15) is 34.8 Å². The second-order valence-electron chi connectivity index (χ2n) is 8.89. The molecule has 1 heterocycles. The van der Waals surface area contributed by atoms with Crippen molar-refractivity contribution in [1.82, 2.24) is 9.21 Å². The number of alkyl halides is 3. The van der Waals surface area contributed by atoms with Crippen LogP contribution in [0.1, 0.15) is 25.8 Å². The summed E-state index contributed by atoms with van der Waals surface area (Å²) in [4.78, 5) is 14.2. The maximum Gasteiger partial charge on any atom is 0.418 e. The normalized spacial score (nSPS) is 26.6. The van der Waals surface area contributed by atoms with Crippen LogP contribution < -0.4 is 5.32 Å². The van der Waals surface area contributed by atoms with Crippen molar-refractivity contribution in [3.8, 4) is 0 Å². The van der Waals surface area contributed by atoms with Gasteiger partial charge in [0.05, 0.1) is 17.8 Å². The Morgan fingerprint density at radius 2 is 1.69 bits per heavy atom. The molecule has 3 rings (SSSR count). The average molecular weight is 536 g/mol. The molecule has 3 atom stereocenters. The molecule has 0 aromatic heterocycles. The molecule has 0 saturated carbocycles. The van der Waals surface area contributed by atoms with Gasteiger partial charge in [0.25, 0.3) is 0 Å². The molecule has 0 spiro atoms. The summed E-state index contributed by atoms with van der Waals surface area (Å²) in [6.07, 6.45) is 1.71. The summed E-state index contributed by atoms with van der Waals surface area (Å²) in [6, 6.07) is 3.27. The Kier molecular flexibility index (Phi) is 7.57. The van der Waals surface area contributed by atoms with Crippen molar-refractivity contribution in [2.24, 2.45) is 0 Å². The van der Waals surface area contributed by atoms with Crippen LogP contribution in [0.4, 0.5) is 18.9 Å². The summed E-state index contributed by atoms with van der Waals surface area (Å²) in [6.45, 7) is 3.15. The first-order chi connectivity index (χ1) is 16.1. The molecule has 13 heteroatoms. The predicted octanol–water partition coefficient (Wildman–Crippen LogP) is 2.63. The van der Waals surface area contributed by atoms with Gasteiger partial charge in [-0.2, -0.15) is 17.5 Å². The predicted molar refractivity (Wildman–Crippen MR) is 127 cm³/mol. The number of carbonyl (C=O) groups excluding carboxylic acids is 1. The number of sulfone groups is 1. The van der Waals surface area contributed by atoms with Crippen LogP contribution in [0, 0.1) is 0 Å². The van der Waals surface area contributed by atoms with Gasteiger partial charge in [0.1, 0.15) is 0 Å². The number of halogens is 3. The summed E-state index contributed by atoms with van der Waals surface area (Å²) in [5.74, 6) is -0.676. The fraction of sp³-hybridized carbons (Fsp3) is 0.500. The number of hydrogen-bond acceptors (Lipinski definition) is 6. The van der Waals surface area contributed by atoms with Gasteiger partial charge in [-0.1, -0.05) is 30.4 Å². The molecule has 1 aliphatic carbocycles. The smallest absolute Gasteiger partial charge is 0.324 e. The van der Waals surface area contributed by atoms with Gasteiger partial charge in [-0.3, -0.25) is 9.69 Å². The molecule has 2 aliphatic rings. The molecule has 1 fully saturated rings. The lowest BCUT2D eigenvalue weighted by Crippen LogP contribution is -2.64. The topological polar surface area (TPSA) is 104 Å². The monoisotopic (exact) mass is 535 g/mol. The van der Waals surface area contributed by atoms with Crippen LogP contribution >= 0.6 is 0 Å². The van der Waals surface area contributed by atoms with E-state index in [0.29, 0.717) is 0 Å². The van der Waals surface area contributed by atoms with Gasteiger partial charge in [0.15, 0.2) is 9.84 Å². The Morgan fingerprint density at radius 3 is 2.20 bits per heavy atom. The zero-order valence-corrected chi connectivity index (χ0v) is 21.1. The number of nitrogens with zero attached hydrogens (tertiary/aromatic N) is 2. The number of anilines is 1. The van der Waals surface area contributed by atoms with E-state index in [0.717, 1.165) is 18.4 Å². The van der Waals surface area contributed by atoms with Crippen LogP contribution in [0.2, 0.25) is 0 Å². The number of amides is 1. The highest BCUT2D eigenvalue weighted by molar-refractivity contribution is 8.09. The van der Waals surface area contributed by atoms with Crippen molar-refractivity contribution in [2.45, 2.75) is 42.6 Å². The van der Waals surface area contributed by atoms with Crippen LogP contribution in [0.5, 0.6) is 0 Å². The Hall–Kier alpha value is -2.22. The molecule has 3 unspecified atom stereocenters. The largest absolute Gasteiger partial charge is 0.418 e. The highest BCUT2D eigenvalue weighted by atomic mass is 32.3. The van der Waals surface area contributed by atoms with E-state index < -0.39 is 53.7 Å². The number of carbonyl (C=O) groups is 1. The minimum Gasteiger partial charge on any atom is -0.324 e. The van der Waals surface area contributed by atoms with E-state index in [2.05, 4.69) is 5.32 Å². The van der Waals surface area contributed by atoms with Crippen molar-refractivity contribution in [2.75, 3.05) is 31.2 Å². The fourth-order valence-corrected chi connectivity index (χ4v) is 9.18. The molecule has 8 nitrogen and oxygen atoms in total. The lowest BCUT2D eigenvalue weighted by molar-refractivity contribution is -0.137. The van der Waals surface area contributed by atoms with Gasteiger partial charge in [0.2, 0.25) is 20.0 Å². The number of rotatable bonds is 6. The number of piperazine rings is 1. The maximum absolute atomic E-state index is 13.7. The van der Waals surface area contributed by atoms with Gasteiger partial charge in [-0.25, -0.2) is 16.8 Å². The molecule has 1 N–H and O–H groups in total. The number of benzene rings is 1. The number of hydrogen-bond donors (Lipinski definition) is 1. The highest BCUT2D eigenvalue weighted by Gasteiger charge is 2.56. The minimum absolute atomic E-state index is 0.0945. The van der Waals surface area contributed by atoms with Crippen molar-refractivity contribution >= 4 is 31.5 Å². The van der Waals surface area contributed by atoms with Crippen molar-refractivity contribution in [3.63, 3.8) is 0 Å². The van der Waals surface area contributed by atoms with E-state index in [4.69, 9.17) is 0 Å². The SMILES string of the molecule is CC1CN(CC(=O)Nc2ccccc2C(F)(F)F)CC(C)N1S(=O)(=O)C1(S(C)(=O)=O)C=CC=CC1. The number of sulfonamides is 1. The summed E-state index contributed by atoms with van der Waals surface area (Å²) >= 11 is 0. The third-order valence-corrected chi connectivity index (χ3v) is 11.7. The van der Waals surface area contributed by atoms with Crippen LogP contribution in [-0.2, 0) is 30.8 Å². The molecule has 1 aromatic carbocycles. The first-order valence-electron chi connectivity index (χ1n) is 10.9. The molecule has 0 radical (unpaired) electrons. The average Bonchev–Trinajstić information content (AvgIpc) is 2.72. The second-order valence-corrected chi connectivity index (χ2v) is 13.5. The van der Waals surface area contributed by atoms with Crippen molar-refractivity contribution < 1.29 is 34.8 Å². The lowest BCUT2D eigenvalue weighted by Gasteiger charge is -2.46. The Balaban J connectivity index is 1.77. The standard InChI is InChI=1S/C22H28F3N3O5S2/c1-16-13-27(15-20(29)26-19-10-6-5-9-18(19)22(23,24)25)14-17(2)28(16)35(32,33)21(34(3,30)31)11-7-4-8-12-21/h4-11,16-17H,12-15H2,1-3H3,(H,26,29). The summed E-state index contributed by atoms with van der Waals surface area (Å²) in [5, 5.41) is 2.28. The molecule has 1 saturated heterocycles. The second kappa shape index (κ2) is 9.68. The van der Waals surface area contributed by atoms with Crippen LogP contribution in [0.15, 0.2) is 48.6 Å². The Labute approximate surface area is 203 Å². The summed E-state index contributed by atoms with van der Waals surface area (Å²) < 4.78 is 91.4. The van der Waals surface area contributed by atoms with Gasteiger partial charge in [-0.05, 0) is 32.1 Å². The maximum atomic E-state index is 13.7. The molecular formula is C22H28F3N3O5S2. The fourth-order valence-electron chi connectivity index (χ4n) is 4.67. The number of allylic oxidation sites excluding steroid dienone is 3. The lowest BCUT2D eigenvalue weighted by atomic mass is 10.1. The van der Waals surface area contributed by atoms with Gasteiger partial charge in [-0.15, -0.1) is 0 Å². The molecule has 1 amide bonds. The molecule has 1 aromatic rings. The summed E-state index contributed by atoms with van der Waals surface area (Å²) in [7, 11) is -8.43. The third-order valence-electron chi connectivity index (χ3n) is 6.13. The molecule has 0 bridgehead atoms. The molecular weight excluding hydrogens is 507 g/mol. The van der Waals surface area contributed by atoms with Crippen LogP contribution in [0.25, 0.3) is 0 Å². The van der Waals surface area contributed by atoms with Crippen molar-refractivity contribution in [1.29, 1.82) is 0 Å². The zero-order valence-electron chi connectivity index (χ0n) is 19.5. The molecule has 35 heavy (non-hydrogen) atoms. The van der Waals surface area contributed by atoms with Crippen LogP contribution in [0.3, 0.4) is 0 Å². The molecule has 194 valence electrons. The third kappa shape index (κ3) is 5.32. The number of para-hydroxylation sites is 1. The van der Waals surface area contributed by atoms with E-state index in [-0.39, 0.29) is 31.7 Å². The van der Waals surface area contributed by atoms with Gasteiger partial charge in [0, 0.05) is 37.8 Å². The van der Waals surface area contributed by atoms with Gasteiger partial charge >= 0.3 is 6.18 Å². The minimum atomic E-state index is -4.63. The van der Waals surface area contributed by atoms with Crippen LogP contribution in [-0.4, -0.2) is 74.0 Å². The first kappa shape index (κ1) is 27.4. The quantitative estimate of drug-likeness (QED) is 0.601. The first-order valence-corrected chi connectivity index (χ1v) is 14.2. The van der Waals surface area contributed by atoms with E-state index >= 15 is 0 Å². The van der Waals surface area contributed by atoms with E-state index in [1.807, 2.05) is 0 Å². The number of nitrogens with one attached hydrogen (secondary N) is 1. The van der Waals surface area contributed by atoms with E-state index in [1.54, 1.807) is 24.8 Å². The van der Waals surface area contributed by atoms with E-state index in [1.165, 1.54) is 34.7 Å². The summed E-state index contributed by atoms with van der Waals surface area (Å²) in [5.41, 5.74) is -1.33. The van der Waals surface area contributed by atoms with Crippen molar-refractivity contribution in [3.05, 3.63) is 54.1 Å². The Bertz CT molecular complexity index is 1230. The Morgan fingerprint density at radius 1 is 1.09 bits per heavy atom. The molecule has 1 aliphatic heterocycles. The van der Waals surface area contributed by atoms with Gasteiger partial charge < -0.3 is 5.32 Å². The highest BCUT2D eigenvalue weighted by Crippen LogP contribution is 2.38. The zero-order chi connectivity index (χ0) is 26.2.